The van der Waals surface area contributed by atoms with Gasteiger partial charge in [-0.05, 0) is 31.0 Å². The number of halogens is 1. The van der Waals surface area contributed by atoms with Crippen LogP contribution in [0.1, 0.15) is 48.9 Å². The van der Waals surface area contributed by atoms with E-state index in [1.807, 2.05) is 0 Å². The van der Waals surface area contributed by atoms with Gasteiger partial charge < -0.3 is 15.7 Å². The van der Waals surface area contributed by atoms with Gasteiger partial charge in [0.05, 0.1) is 5.02 Å². The fourth-order valence-corrected chi connectivity index (χ4v) is 2.87. The molecule has 2 rings (SSSR count). The second-order valence-corrected chi connectivity index (χ2v) is 5.97. The molecular weight excluding hydrogens is 288 g/mol. The zero-order chi connectivity index (χ0) is 15.1. The maximum atomic E-state index is 11.9. The Morgan fingerprint density at radius 3 is 2.57 bits per heavy atom. The van der Waals surface area contributed by atoms with E-state index < -0.39 is 0 Å². The number of phenolic OH excluding ortho intramolecular Hbond substituents is 1. The summed E-state index contributed by atoms with van der Waals surface area (Å²) in [6, 6.07) is 5.06. The Kier molecular flexibility index (Phi) is 6.33. The second kappa shape index (κ2) is 8.25. The van der Waals surface area contributed by atoms with Crippen molar-refractivity contribution < 1.29 is 9.90 Å². The topological polar surface area (TPSA) is 61.4 Å². The van der Waals surface area contributed by atoms with Crippen molar-refractivity contribution in [3.63, 3.8) is 0 Å². The lowest BCUT2D eigenvalue weighted by molar-refractivity contribution is 0.0953. The van der Waals surface area contributed by atoms with Gasteiger partial charge in [0.1, 0.15) is 5.75 Å². The van der Waals surface area contributed by atoms with Gasteiger partial charge in [0.2, 0.25) is 0 Å². The maximum absolute atomic E-state index is 11.9. The van der Waals surface area contributed by atoms with E-state index in [4.69, 9.17) is 11.6 Å². The lowest BCUT2D eigenvalue weighted by Gasteiger charge is -2.16. The first-order chi connectivity index (χ1) is 10.2. The molecule has 0 bridgehead atoms. The third-order valence-electron chi connectivity index (χ3n) is 3.91. The van der Waals surface area contributed by atoms with Crippen molar-refractivity contribution in [1.29, 1.82) is 0 Å². The van der Waals surface area contributed by atoms with Crippen LogP contribution in [-0.2, 0) is 0 Å². The number of aromatic hydroxyl groups is 1. The van der Waals surface area contributed by atoms with Crippen molar-refractivity contribution in [1.82, 2.24) is 10.6 Å². The molecule has 4 nitrogen and oxygen atoms in total. The molecule has 0 spiro atoms. The van der Waals surface area contributed by atoms with Crippen LogP contribution in [0.5, 0.6) is 5.75 Å². The minimum absolute atomic E-state index is 0.0109. The summed E-state index contributed by atoms with van der Waals surface area (Å²) < 4.78 is 0. The molecule has 1 aliphatic carbocycles. The smallest absolute Gasteiger partial charge is 0.251 e. The Morgan fingerprint density at radius 1 is 1.19 bits per heavy atom. The number of nitrogens with one attached hydrogen (secondary N) is 2. The van der Waals surface area contributed by atoms with Crippen LogP contribution < -0.4 is 10.6 Å². The zero-order valence-electron chi connectivity index (χ0n) is 12.2. The molecule has 0 unspecified atom stereocenters. The van der Waals surface area contributed by atoms with E-state index in [-0.39, 0.29) is 16.7 Å². The predicted octanol–water partition coefficient (Wildman–Crippen LogP) is 3.09. The van der Waals surface area contributed by atoms with Gasteiger partial charge in [-0.3, -0.25) is 4.79 Å². The highest BCUT2D eigenvalue weighted by molar-refractivity contribution is 6.32. The van der Waals surface area contributed by atoms with Crippen molar-refractivity contribution in [3.05, 3.63) is 28.8 Å². The van der Waals surface area contributed by atoms with Gasteiger partial charge in [-0.25, -0.2) is 0 Å². The molecule has 3 N–H and O–H groups in total. The summed E-state index contributed by atoms with van der Waals surface area (Å²) >= 11 is 5.79. The number of carbonyl (C=O) groups is 1. The van der Waals surface area contributed by atoms with Crippen molar-refractivity contribution >= 4 is 17.5 Å². The highest BCUT2D eigenvalue weighted by Gasteiger charge is 2.11. The molecule has 21 heavy (non-hydrogen) atoms. The molecule has 116 valence electrons. The Morgan fingerprint density at radius 2 is 1.90 bits per heavy atom. The van der Waals surface area contributed by atoms with Crippen LogP contribution in [0, 0.1) is 0 Å². The third-order valence-corrected chi connectivity index (χ3v) is 4.21. The number of hydrogen-bond donors (Lipinski definition) is 3. The van der Waals surface area contributed by atoms with E-state index in [0.717, 1.165) is 6.54 Å². The molecule has 0 heterocycles. The van der Waals surface area contributed by atoms with Gasteiger partial charge in [-0.1, -0.05) is 37.3 Å². The van der Waals surface area contributed by atoms with Gasteiger partial charge in [0.15, 0.2) is 0 Å². The van der Waals surface area contributed by atoms with E-state index >= 15 is 0 Å². The van der Waals surface area contributed by atoms with Crippen LogP contribution in [0.4, 0.5) is 0 Å². The zero-order valence-corrected chi connectivity index (χ0v) is 13.0. The Labute approximate surface area is 130 Å². The molecule has 0 saturated heterocycles. The monoisotopic (exact) mass is 310 g/mol. The van der Waals surface area contributed by atoms with Crippen molar-refractivity contribution in [3.8, 4) is 5.75 Å². The molecule has 1 fully saturated rings. The number of carbonyl (C=O) groups excluding carboxylic acids is 1. The summed E-state index contributed by atoms with van der Waals surface area (Å²) in [6.07, 6.45) is 7.77. The molecule has 1 aromatic carbocycles. The largest absolute Gasteiger partial charge is 0.506 e. The Hall–Kier alpha value is -1.26. The average molecular weight is 311 g/mol. The quantitative estimate of drug-likeness (QED) is 0.578. The summed E-state index contributed by atoms with van der Waals surface area (Å²) in [7, 11) is 0. The first kappa shape index (κ1) is 16.1. The van der Waals surface area contributed by atoms with Crippen LogP contribution in [0.2, 0.25) is 5.02 Å². The molecule has 1 saturated carbocycles. The fraction of sp³-hybridized carbons (Fsp3) is 0.562. The van der Waals surface area contributed by atoms with E-state index in [1.54, 1.807) is 6.07 Å². The minimum Gasteiger partial charge on any atom is -0.506 e. The van der Waals surface area contributed by atoms with Crippen LogP contribution in [0.15, 0.2) is 18.2 Å². The molecule has 5 heteroatoms. The van der Waals surface area contributed by atoms with Gasteiger partial charge >= 0.3 is 0 Å². The highest BCUT2D eigenvalue weighted by atomic mass is 35.5. The fourth-order valence-electron chi connectivity index (χ4n) is 2.69. The summed E-state index contributed by atoms with van der Waals surface area (Å²) in [5.74, 6) is -0.178. The molecular formula is C16H23ClN2O2. The average Bonchev–Trinajstić information content (AvgIpc) is 2.75. The van der Waals surface area contributed by atoms with Crippen molar-refractivity contribution in [2.75, 3.05) is 13.1 Å². The van der Waals surface area contributed by atoms with E-state index in [1.165, 1.54) is 50.7 Å². The number of phenols is 1. The lowest BCUT2D eigenvalue weighted by atomic mass is 10.1. The Balaban J connectivity index is 1.70. The van der Waals surface area contributed by atoms with Crippen LogP contribution in [0.25, 0.3) is 0 Å². The normalized spacial score (nSPS) is 16.4. The highest BCUT2D eigenvalue weighted by Crippen LogP contribution is 2.23. The van der Waals surface area contributed by atoms with Crippen molar-refractivity contribution in [2.24, 2.45) is 0 Å². The molecule has 0 aromatic heterocycles. The Bertz CT molecular complexity index is 471. The van der Waals surface area contributed by atoms with Crippen LogP contribution in [0.3, 0.4) is 0 Å². The van der Waals surface area contributed by atoms with Crippen LogP contribution in [-0.4, -0.2) is 30.1 Å². The minimum atomic E-state index is -0.167. The first-order valence-electron chi connectivity index (χ1n) is 7.67. The predicted molar refractivity (Wildman–Crippen MR) is 84.9 cm³/mol. The third kappa shape index (κ3) is 5.21. The van der Waals surface area contributed by atoms with Gasteiger partial charge in [-0.15, -0.1) is 0 Å². The molecule has 0 aliphatic heterocycles. The molecule has 1 aromatic rings. The van der Waals surface area contributed by atoms with Gasteiger partial charge in [0, 0.05) is 24.7 Å². The SMILES string of the molecule is O=C(NCCNC1CCCCCC1)c1ccc(O)c(Cl)c1. The molecule has 0 radical (unpaired) electrons. The summed E-state index contributed by atoms with van der Waals surface area (Å²) in [5, 5.41) is 15.9. The van der Waals surface area contributed by atoms with Crippen LogP contribution >= 0.6 is 11.6 Å². The second-order valence-electron chi connectivity index (χ2n) is 5.56. The van der Waals surface area contributed by atoms with E-state index in [2.05, 4.69) is 10.6 Å². The maximum Gasteiger partial charge on any atom is 0.251 e. The van der Waals surface area contributed by atoms with E-state index in [9.17, 15) is 9.90 Å². The first-order valence-corrected chi connectivity index (χ1v) is 8.04. The number of hydrogen-bond acceptors (Lipinski definition) is 3. The summed E-state index contributed by atoms with van der Waals surface area (Å²) in [6.45, 7) is 1.37. The van der Waals surface area contributed by atoms with Crippen molar-refractivity contribution in [2.45, 2.75) is 44.6 Å². The van der Waals surface area contributed by atoms with E-state index in [0.29, 0.717) is 18.2 Å². The summed E-state index contributed by atoms with van der Waals surface area (Å²) in [5.41, 5.74) is 0.465. The molecule has 1 aliphatic rings. The molecule has 0 atom stereocenters. The number of amides is 1. The standard InChI is InChI=1S/C16H23ClN2O2/c17-14-11-12(7-8-15(14)20)16(21)19-10-9-18-13-5-3-1-2-4-6-13/h7-8,11,13,18,20H,1-6,9-10H2,(H,19,21). The number of benzene rings is 1. The van der Waals surface area contributed by atoms with Gasteiger partial charge in [-0.2, -0.15) is 0 Å². The number of rotatable bonds is 5. The summed E-state index contributed by atoms with van der Waals surface area (Å²) in [4.78, 5) is 11.9. The van der Waals surface area contributed by atoms with Gasteiger partial charge in [0.25, 0.3) is 5.91 Å². The molecule has 1 amide bonds. The lowest BCUT2D eigenvalue weighted by Crippen LogP contribution is -2.36.